The average Bonchev–Trinajstić information content (AvgIpc) is 2.28. The Labute approximate surface area is 95.5 Å². The molecule has 0 N–H and O–H groups in total. The average molecular weight is 217 g/mol. The van der Waals surface area contributed by atoms with Crippen molar-refractivity contribution < 1.29 is 4.74 Å². The fraction of sp³-hybridized carbons (Fsp3) is 0.500. The van der Waals surface area contributed by atoms with E-state index in [2.05, 4.69) is 29.8 Å². The van der Waals surface area contributed by atoms with Gasteiger partial charge in [0.2, 0.25) is 0 Å². The van der Waals surface area contributed by atoms with Gasteiger partial charge in [-0.25, -0.2) is 4.98 Å². The number of nitrogens with zero attached hydrogens (tertiary/aromatic N) is 3. The maximum atomic E-state index is 8.84. The first-order valence-corrected chi connectivity index (χ1v) is 5.45. The summed E-state index contributed by atoms with van der Waals surface area (Å²) in [6.45, 7) is 5.76. The first-order valence-electron chi connectivity index (χ1n) is 5.45. The molecular weight excluding hydrogens is 202 g/mol. The second kappa shape index (κ2) is 4.50. The van der Waals surface area contributed by atoms with Crippen LogP contribution in [-0.4, -0.2) is 30.3 Å². The van der Waals surface area contributed by atoms with Gasteiger partial charge >= 0.3 is 0 Å². The van der Waals surface area contributed by atoms with Gasteiger partial charge in [-0.3, -0.25) is 0 Å². The minimum Gasteiger partial charge on any atom is -0.372 e. The SMILES string of the molecule is C[C@@H]1CN(c2cc(C#N)ccn2)C[C@H](C)O1. The standard InChI is InChI=1S/C12H15N3O/c1-9-7-15(8-10(2)16-9)12-5-11(6-13)3-4-14-12/h3-5,9-10H,7-8H2,1-2H3/t9-,10+. The number of hydrogen-bond acceptors (Lipinski definition) is 4. The Morgan fingerprint density at radius 1 is 1.44 bits per heavy atom. The first kappa shape index (κ1) is 10.9. The highest BCUT2D eigenvalue weighted by atomic mass is 16.5. The molecule has 0 amide bonds. The van der Waals surface area contributed by atoms with Crippen LogP contribution in [0.25, 0.3) is 0 Å². The number of nitriles is 1. The molecule has 1 aromatic heterocycles. The molecule has 0 spiro atoms. The maximum Gasteiger partial charge on any atom is 0.129 e. The first-order chi connectivity index (χ1) is 7.69. The van der Waals surface area contributed by atoms with Crippen LogP contribution in [0, 0.1) is 11.3 Å². The molecule has 2 heterocycles. The molecule has 1 saturated heterocycles. The van der Waals surface area contributed by atoms with E-state index in [1.807, 2.05) is 6.07 Å². The minimum absolute atomic E-state index is 0.205. The van der Waals surface area contributed by atoms with E-state index in [1.54, 1.807) is 12.3 Å². The predicted octanol–water partition coefficient (Wildman–Crippen LogP) is 1.57. The van der Waals surface area contributed by atoms with Crippen molar-refractivity contribution in [2.24, 2.45) is 0 Å². The molecule has 0 bridgehead atoms. The highest BCUT2D eigenvalue weighted by Gasteiger charge is 2.23. The summed E-state index contributed by atoms with van der Waals surface area (Å²) in [5.41, 5.74) is 0.650. The van der Waals surface area contributed by atoms with Crippen LogP contribution in [0.1, 0.15) is 19.4 Å². The quantitative estimate of drug-likeness (QED) is 0.716. The number of anilines is 1. The van der Waals surface area contributed by atoms with Crippen molar-refractivity contribution in [2.45, 2.75) is 26.1 Å². The summed E-state index contributed by atoms with van der Waals surface area (Å²) >= 11 is 0. The van der Waals surface area contributed by atoms with E-state index in [0.29, 0.717) is 5.56 Å². The topological polar surface area (TPSA) is 49.2 Å². The Balaban J connectivity index is 2.20. The zero-order valence-electron chi connectivity index (χ0n) is 9.55. The molecule has 84 valence electrons. The fourth-order valence-electron chi connectivity index (χ4n) is 2.03. The van der Waals surface area contributed by atoms with E-state index in [4.69, 9.17) is 10.00 Å². The fourth-order valence-corrected chi connectivity index (χ4v) is 2.03. The summed E-state index contributed by atoms with van der Waals surface area (Å²) in [7, 11) is 0. The van der Waals surface area contributed by atoms with Gasteiger partial charge in [-0.1, -0.05) is 0 Å². The van der Waals surface area contributed by atoms with E-state index >= 15 is 0 Å². The van der Waals surface area contributed by atoms with E-state index < -0.39 is 0 Å². The number of hydrogen-bond donors (Lipinski definition) is 0. The third kappa shape index (κ3) is 2.31. The van der Waals surface area contributed by atoms with E-state index in [-0.39, 0.29) is 12.2 Å². The van der Waals surface area contributed by atoms with Crippen LogP contribution < -0.4 is 4.90 Å². The molecule has 1 fully saturated rings. The van der Waals surface area contributed by atoms with Crippen LogP contribution >= 0.6 is 0 Å². The van der Waals surface area contributed by atoms with E-state index in [9.17, 15) is 0 Å². The van der Waals surface area contributed by atoms with Crippen LogP contribution in [0.4, 0.5) is 5.82 Å². The van der Waals surface area contributed by atoms with Crippen molar-refractivity contribution in [1.82, 2.24) is 4.98 Å². The number of ether oxygens (including phenoxy) is 1. The van der Waals surface area contributed by atoms with Gasteiger partial charge in [-0.2, -0.15) is 5.26 Å². The number of aromatic nitrogens is 1. The third-order valence-corrected chi connectivity index (χ3v) is 2.62. The van der Waals surface area contributed by atoms with E-state index in [0.717, 1.165) is 18.9 Å². The van der Waals surface area contributed by atoms with Gasteiger partial charge in [0, 0.05) is 19.3 Å². The molecule has 4 heteroatoms. The third-order valence-electron chi connectivity index (χ3n) is 2.62. The van der Waals surface area contributed by atoms with Crippen LogP contribution in [0.15, 0.2) is 18.3 Å². The van der Waals surface area contributed by atoms with E-state index in [1.165, 1.54) is 0 Å². The Morgan fingerprint density at radius 3 is 2.75 bits per heavy atom. The van der Waals surface area contributed by atoms with Crippen molar-refractivity contribution >= 4 is 5.82 Å². The predicted molar refractivity (Wildman–Crippen MR) is 61.2 cm³/mol. The minimum atomic E-state index is 0.205. The summed E-state index contributed by atoms with van der Waals surface area (Å²) < 4.78 is 5.66. The summed E-state index contributed by atoms with van der Waals surface area (Å²) in [4.78, 5) is 6.47. The van der Waals surface area contributed by atoms with Crippen molar-refractivity contribution in [1.29, 1.82) is 5.26 Å². The van der Waals surface area contributed by atoms with Gasteiger partial charge in [0.15, 0.2) is 0 Å². The number of pyridine rings is 1. The monoisotopic (exact) mass is 217 g/mol. The van der Waals surface area contributed by atoms with Crippen LogP contribution in [0.5, 0.6) is 0 Å². The second-order valence-corrected chi connectivity index (χ2v) is 4.18. The Bertz CT molecular complexity index is 403. The molecule has 0 unspecified atom stereocenters. The molecule has 2 atom stereocenters. The lowest BCUT2D eigenvalue weighted by Crippen LogP contribution is -2.45. The van der Waals surface area contributed by atoms with Gasteiger partial charge in [-0.15, -0.1) is 0 Å². The molecule has 16 heavy (non-hydrogen) atoms. The van der Waals surface area contributed by atoms with Gasteiger partial charge in [0.05, 0.1) is 23.8 Å². The summed E-state index contributed by atoms with van der Waals surface area (Å²) in [5.74, 6) is 0.862. The Hall–Kier alpha value is -1.60. The number of morpholine rings is 1. The maximum absolute atomic E-state index is 8.84. The second-order valence-electron chi connectivity index (χ2n) is 4.18. The molecule has 1 aromatic rings. The van der Waals surface area contributed by atoms with Crippen LogP contribution in [-0.2, 0) is 4.74 Å². The molecule has 0 saturated carbocycles. The molecule has 0 radical (unpaired) electrons. The van der Waals surface area contributed by atoms with Crippen molar-refractivity contribution in [3.8, 4) is 6.07 Å². The molecule has 2 rings (SSSR count). The highest BCUT2D eigenvalue weighted by Crippen LogP contribution is 2.18. The van der Waals surface area contributed by atoms with Gasteiger partial charge in [0.1, 0.15) is 5.82 Å². The molecule has 0 aromatic carbocycles. The molecule has 1 aliphatic heterocycles. The normalized spacial score (nSPS) is 25.2. The van der Waals surface area contributed by atoms with Gasteiger partial charge in [-0.05, 0) is 26.0 Å². The molecule has 1 aliphatic rings. The highest BCUT2D eigenvalue weighted by molar-refractivity contribution is 5.45. The Morgan fingerprint density at radius 2 is 2.12 bits per heavy atom. The largest absolute Gasteiger partial charge is 0.372 e. The lowest BCUT2D eigenvalue weighted by Gasteiger charge is -2.36. The molecule has 4 nitrogen and oxygen atoms in total. The zero-order valence-corrected chi connectivity index (χ0v) is 9.55. The lowest BCUT2D eigenvalue weighted by atomic mass is 10.2. The Kier molecular flexibility index (Phi) is 3.07. The van der Waals surface area contributed by atoms with Gasteiger partial charge < -0.3 is 9.64 Å². The summed E-state index contributed by atoms with van der Waals surface area (Å²) in [6, 6.07) is 5.67. The molecule has 0 aliphatic carbocycles. The summed E-state index contributed by atoms with van der Waals surface area (Å²) in [5, 5.41) is 8.84. The smallest absolute Gasteiger partial charge is 0.129 e. The van der Waals surface area contributed by atoms with Crippen molar-refractivity contribution in [2.75, 3.05) is 18.0 Å². The number of rotatable bonds is 1. The molecular formula is C12H15N3O. The van der Waals surface area contributed by atoms with Crippen LogP contribution in [0.2, 0.25) is 0 Å². The van der Waals surface area contributed by atoms with Crippen molar-refractivity contribution in [3.63, 3.8) is 0 Å². The van der Waals surface area contributed by atoms with Gasteiger partial charge in [0.25, 0.3) is 0 Å². The van der Waals surface area contributed by atoms with Crippen LogP contribution in [0.3, 0.4) is 0 Å². The van der Waals surface area contributed by atoms with Crippen molar-refractivity contribution in [3.05, 3.63) is 23.9 Å². The lowest BCUT2D eigenvalue weighted by molar-refractivity contribution is -0.00545. The summed E-state index contributed by atoms with van der Waals surface area (Å²) in [6.07, 6.45) is 2.09. The zero-order chi connectivity index (χ0) is 11.5.